The van der Waals surface area contributed by atoms with Gasteiger partial charge in [-0.15, -0.1) is 0 Å². The molecular weight excluding hydrogens is 451 g/mol. The van der Waals surface area contributed by atoms with E-state index in [1.807, 2.05) is 11.0 Å². The number of nitrogens with one attached hydrogen (secondary N) is 1. The summed E-state index contributed by atoms with van der Waals surface area (Å²) in [5, 5.41) is 16.7. The number of nitrogens with zero attached hydrogens (tertiary/aromatic N) is 3. The van der Waals surface area contributed by atoms with Crippen molar-refractivity contribution >= 4 is 17.8 Å². The van der Waals surface area contributed by atoms with Gasteiger partial charge >= 0.3 is 5.97 Å². The van der Waals surface area contributed by atoms with Gasteiger partial charge in [-0.05, 0) is 55.3 Å². The number of carboxylic acid groups (broad SMARTS) is 1. The number of likely N-dealkylation sites (tertiary alicyclic amines) is 1. The number of carbonyl (C=O) groups excluding carboxylic acids is 2. The van der Waals surface area contributed by atoms with Gasteiger partial charge in [-0.2, -0.15) is 5.10 Å². The number of hydrogen-bond acceptors (Lipinski definition) is 4. The van der Waals surface area contributed by atoms with Gasteiger partial charge in [-0.25, -0.2) is 13.9 Å². The molecular formula is C26H27FN4O4. The number of rotatable bonds is 10. The highest BCUT2D eigenvalue weighted by molar-refractivity contribution is 5.87. The van der Waals surface area contributed by atoms with E-state index in [-0.39, 0.29) is 29.6 Å². The van der Waals surface area contributed by atoms with Crippen LogP contribution in [0.15, 0.2) is 54.6 Å². The van der Waals surface area contributed by atoms with E-state index >= 15 is 0 Å². The molecule has 2 heterocycles. The fourth-order valence-electron chi connectivity index (χ4n) is 4.12. The zero-order valence-corrected chi connectivity index (χ0v) is 19.2. The Kier molecular flexibility index (Phi) is 7.54. The predicted octanol–water partition coefficient (Wildman–Crippen LogP) is 3.44. The van der Waals surface area contributed by atoms with Gasteiger partial charge in [0.2, 0.25) is 11.8 Å². The normalized spacial score (nSPS) is 13.3. The molecule has 2 aromatic carbocycles. The van der Waals surface area contributed by atoms with Crippen molar-refractivity contribution in [2.24, 2.45) is 0 Å². The molecule has 9 heteroatoms. The number of aryl methyl sites for hydroxylation is 1. The summed E-state index contributed by atoms with van der Waals surface area (Å²) in [4.78, 5) is 37.0. The van der Waals surface area contributed by atoms with Crippen molar-refractivity contribution in [1.82, 2.24) is 20.0 Å². The van der Waals surface area contributed by atoms with Crippen LogP contribution in [0.3, 0.4) is 0 Å². The lowest BCUT2D eigenvalue weighted by Gasteiger charge is -2.15. The van der Waals surface area contributed by atoms with Crippen LogP contribution in [0.2, 0.25) is 0 Å². The molecule has 0 spiro atoms. The Morgan fingerprint density at radius 2 is 1.91 bits per heavy atom. The second-order valence-corrected chi connectivity index (χ2v) is 8.48. The van der Waals surface area contributed by atoms with Gasteiger partial charge in [0.05, 0.1) is 22.6 Å². The molecule has 182 valence electrons. The molecule has 35 heavy (non-hydrogen) atoms. The third kappa shape index (κ3) is 6.11. The number of hydrogen-bond donors (Lipinski definition) is 2. The van der Waals surface area contributed by atoms with Crippen molar-refractivity contribution in [3.05, 3.63) is 71.7 Å². The summed E-state index contributed by atoms with van der Waals surface area (Å²) in [5.41, 5.74) is 2.69. The quantitative estimate of drug-likeness (QED) is 0.435. The molecule has 0 saturated carbocycles. The van der Waals surface area contributed by atoms with Crippen LogP contribution in [0.25, 0.3) is 16.9 Å². The van der Waals surface area contributed by atoms with Crippen LogP contribution in [-0.2, 0) is 16.0 Å². The van der Waals surface area contributed by atoms with Crippen LogP contribution < -0.4 is 5.32 Å². The minimum absolute atomic E-state index is 0.106. The molecule has 4 rings (SSSR count). The minimum Gasteiger partial charge on any atom is -0.478 e. The first kappa shape index (κ1) is 24.1. The van der Waals surface area contributed by atoms with E-state index in [2.05, 4.69) is 10.4 Å². The van der Waals surface area contributed by atoms with Gasteiger partial charge in [-0.3, -0.25) is 9.59 Å². The van der Waals surface area contributed by atoms with E-state index in [0.717, 1.165) is 13.0 Å². The molecule has 3 aromatic rings. The molecule has 1 aliphatic heterocycles. The Hall–Kier alpha value is -4.01. The van der Waals surface area contributed by atoms with Crippen molar-refractivity contribution in [2.75, 3.05) is 19.6 Å². The van der Waals surface area contributed by atoms with E-state index < -0.39 is 5.97 Å². The molecule has 0 unspecified atom stereocenters. The third-order valence-electron chi connectivity index (χ3n) is 5.95. The smallest absolute Gasteiger partial charge is 0.335 e. The van der Waals surface area contributed by atoms with Crippen molar-refractivity contribution in [2.45, 2.75) is 32.1 Å². The summed E-state index contributed by atoms with van der Waals surface area (Å²) in [6, 6.07) is 14.2. The molecule has 2 N–H and O–H groups in total. The van der Waals surface area contributed by atoms with Crippen molar-refractivity contribution in [3.8, 4) is 16.9 Å². The summed E-state index contributed by atoms with van der Waals surface area (Å²) in [7, 11) is 0. The number of benzene rings is 2. The lowest BCUT2D eigenvalue weighted by Crippen LogP contribution is -2.30. The lowest BCUT2D eigenvalue weighted by molar-refractivity contribution is -0.127. The monoisotopic (exact) mass is 478 g/mol. The second-order valence-electron chi connectivity index (χ2n) is 8.48. The Morgan fingerprint density at radius 3 is 2.60 bits per heavy atom. The van der Waals surface area contributed by atoms with E-state index in [4.69, 9.17) is 5.11 Å². The largest absolute Gasteiger partial charge is 0.478 e. The van der Waals surface area contributed by atoms with E-state index in [0.29, 0.717) is 55.0 Å². The Balaban J connectivity index is 1.42. The maximum atomic E-state index is 13.9. The molecule has 1 saturated heterocycles. The van der Waals surface area contributed by atoms with Crippen molar-refractivity contribution in [3.63, 3.8) is 0 Å². The molecule has 0 aliphatic carbocycles. The van der Waals surface area contributed by atoms with E-state index in [1.165, 1.54) is 24.3 Å². The maximum absolute atomic E-state index is 13.9. The van der Waals surface area contributed by atoms with Gasteiger partial charge in [0.25, 0.3) is 0 Å². The number of amides is 2. The standard InChI is InChI=1S/C26H27FN4O4/c27-20-5-1-4-19(16-20)23-17-21(29-31(23)22-10-7-18(8-11-22)26(34)35)9-12-24(32)28-13-3-15-30-14-2-6-25(30)33/h1,4-5,7-8,10-11,16-17H,2-3,6,9,12-15H2,(H,28,32)(H,34,35). The van der Waals surface area contributed by atoms with Crippen LogP contribution in [0, 0.1) is 5.82 Å². The molecule has 0 radical (unpaired) electrons. The van der Waals surface area contributed by atoms with Crippen LogP contribution >= 0.6 is 0 Å². The van der Waals surface area contributed by atoms with Gasteiger partial charge in [-0.1, -0.05) is 12.1 Å². The highest BCUT2D eigenvalue weighted by Crippen LogP contribution is 2.25. The molecule has 1 aliphatic rings. The van der Waals surface area contributed by atoms with Crippen molar-refractivity contribution < 1.29 is 23.9 Å². The number of carbonyl (C=O) groups is 3. The van der Waals surface area contributed by atoms with Gasteiger partial charge in [0.15, 0.2) is 0 Å². The summed E-state index contributed by atoms with van der Waals surface area (Å²) in [5.74, 6) is -1.34. The highest BCUT2D eigenvalue weighted by atomic mass is 19.1. The maximum Gasteiger partial charge on any atom is 0.335 e. The molecule has 0 bridgehead atoms. The van der Waals surface area contributed by atoms with E-state index in [9.17, 15) is 18.8 Å². The van der Waals surface area contributed by atoms with Gasteiger partial charge in [0.1, 0.15) is 5.82 Å². The second kappa shape index (κ2) is 10.9. The Labute approximate surface area is 202 Å². The first-order valence-corrected chi connectivity index (χ1v) is 11.6. The number of halogens is 1. The molecule has 0 atom stereocenters. The highest BCUT2D eigenvalue weighted by Gasteiger charge is 2.19. The average Bonchev–Trinajstić information content (AvgIpc) is 3.47. The minimum atomic E-state index is -1.03. The molecule has 2 amide bonds. The number of carboxylic acids is 1. The molecule has 8 nitrogen and oxygen atoms in total. The average molecular weight is 479 g/mol. The fraction of sp³-hybridized carbons (Fsp3) is 0.308. The Bertz CT molecular complexity index is 1220. The van der Waals surface area contributed by atoms with Crippen LogP contribution in [0.5, 0.6) is 0 Å². The SMILES string of the molecule is O=C(CCc1cc(-c2cccc(F)c2)n(-c2ccc(C(=O)O)cc2)n1)NCCCN1CCCC1=O. The summed E-state index contributed by atoms with van der Waals surface area (Å²) < 4.78 is 15.5. The van der Waals surface area contributed by atoms with Gasteiger partial charge < -0.3 is 15.3 Å². The zero-order valence-electron chi connectivity index (χ0n) is 19.2. The van der Waals surface area contributed by atoms with Crippen LogP contribution in [-0.4, -0.2) is 57.2 Å². The molecule has 1 fully saturated rings. The summed E-state index contributed by atoms with van der Waals surface area (Å²) in [6.07, 6.45) is 2.85. The topological polar surface area (TPSA) is 105 Å². The van der Waals surface area contributed by atoms with Crippen LogP contribution in [0.4, 0.5) is 4.39 Å². The van der Waals surface area contributed by atoms with E-state index in [1.54, 1.807) is 28.9 Å². The number of aromatic carboxylic acids is 1. The fourth-order valence-corrected chi connectivity index (χ4v) is 4.12. The summed E-state index contributed by atoms with van der Waals surface area (Å²) in [6.45, 7) is 1.95. The summed E-state index contributed by atoms with van der Waals surface area (Å²) >= 11 is 0. The number of aromatic nitrogens is 2. The first-order valence-electron chi connectivity index (χ1n) is 11.6. The first-order chi connectivity index (χ1) is 16.9. The van der Waals surface area contributed by atoms with Gasteiger partial charge in [0, 0.05) is 44.5 Å². The van der Waals surface area contributed by atoms with Crippen LogP contribution in [0.1, 0.15) is 41.7 Å². The predicted molar refractivity (Wildman–Crippen MR) is 128 cm³/mol. The molecule has 1 aromatic heterocycles. The van der Waals surface area contributed by atoms with Crippen molar-refractivity contribution in [1.29, 1.82) is 0 Å². The third-order valence-corrected chi connectivity index (χ3v) is 5.95. The zero-order chi connectivity index (χ0) is 24.8. The Morgan fingerprint density at radius 1 is 1.11 bits per heavy atom. The lowest BCUT2D eigenvalue weighted by atomic mass is 10.1.